The standard InChI is InChI=1S/C19H19Cl2N5O2/c1-28-12-17(27)26-19(23-11-14-5-3-7-16(21)9-14)24-18(25-26)22-10-13-4-2-6-15(20)8-13/h2-9H,10-12H2,1H3,(H2,22,23,24,25). The van der Waals surface area contributed by atoms with Gasteiger partial charge in [0.05, 0.1) is 0 Å². The van der Waals surface area contributed by atoms with Gasteiger partial charge in [0.1, 0.15) is 6.61 Å². The monoisotopic (exact) mass is 419 g/mol. The molecular formula is C19H19Cl2N5O2. The van der Waals surface area contributed by atoms with Crippen LogP contribution in [0.4, 0.5) is 11.9 Å². The number of nitrogens with one attached hydrogen (secondary N) is 2. The van der Waals surface area contributed by atoms with Crippen LogP contribution in [-0.2, 0) is 17.8 Å². The average Bonchev–Trinajstić information content (AvgIpc) is 3.08. The van der Waals surface area contributed by atoms with E-state index in [1.54, 1.807) is 12.1 Å². The van der Waals surface area contributed by atoms with Crippen LogP contribution in [0.2, 0.25) is 10.0 Å². The first kappa shape index (κ1) is 20.1. The Morgan fingerprint density at radius 3 is 2.21 bits per heavy atom. The Bertz CT molecular complexity index is 961. The van der Waals surface area contributed by atoms with Crippen molar-refractivity contribution in [2.24, 2.45) is 0 Å². The van der Waals surface area contributed by atoms with Crippen LogP contribution in [0.25, 0.3) is 0 Å². The molecule has 0 spiro atoms. The molecule has 146 valence electrons. The van der Waals surface area contributed by atoms with Crippen molar-refractivity contribution < 1.29 is 9.53 Å². The summed E-state index contributed by atoms with van der Waals surface area (Å²) in [4.78, 5) is 16.7. The zero-order valence-corrected chi connectivity index (χ0v) is 16.7. The van der Waals surface area contributed by atoms with Gasteiger partial charge in [-0.2, -0.15) is 9.67 Å². The zero-order chi connectivity index (χ0) is 19.9. The number of hydrogen-bond donors (Lipinski definition) is 2. The molecule has 0 unspecified atom stereocenters. The molecule has 0 amide bonds. The Morgan fingerprint density at radius 2 is 1.64 bits per heavy atom. The van der Waals surface area contributed by atoms with Crippen molar-refractivity contribution in [3.8, 4) is 0 Å². The lowest BCUT2D eigenvalue weighted by Gasteiger charge is -2.07. The van der Waals surface area contributed by atoms with Gasteiger partial charge in [-0.15, -0.1) is 5.10 Å². The van der Waals surface area contributed by atoms with Crippen molar-refractivity contribution in [1.29, 1.82) is 0 Å². The van der Waals surface area contributed by atoms with E-state index in [2.05, 4.69) is 20.7 Å². The van der Waals surface area contributed by atoms with Gasteiger partial charge < -0.3 is 15.4 Å². The number of ether oxygens (including phenoxy) is 1. The summed E-state index contributed by atoms with van der Waals surface area (Å²) in [5.74, 6) is 0.299. The molecule has 0 atom stereocenters. The fourth-order valence-corrected chi connectivity index (χ4v) is 2.94. The van der Waals surface area contributed by atoms with E-state index >= 15 is 0 Å². The number of hydrogen-bond acceptors (Lipinski definition) is 6. The molecule has 0 fully saturated rings. The molecule has 28 heavy (non-hydrogen) atoms. The summed E-state index contributed by atoms with van der Waals surface area (Å²) in [6, 6.07) is 14.9. The number of methoxy groups -OCH3 is 1. The summed E-state index contributed by atoms with van der Waals surface area (Å²) >= 11 is 12.0. The zero-order valence-electron chi connectivity index (χ0n) is 15.2. The highest BCUT2D eigenvalue weighted by Crippen LogP contribution is 2.16. The molecule has 0 radical (unpaired) electrons. The Hall–Kier alpha value is -2.61. The highest BCUT2D eigenvalue weighted by molar-refractivity contribution is 6.30. The summed E-state index contributed by atoms with van der Waals surface area (Å²) in [5.41, 5.74) is 1.93. The molecule has 2 aromatic carbocycles. The number of benzene rings is 2. The van der Waals surface area contributed by atoms with Gasteiger partial charge in [-0.1, -0.05) is 47.5 Å². The van der Waals surface area contributed by atoms with E-state index in [0.717, 1.165) is 11.1 Å². The topological polar surface area (TPSA) is 81.1 Å². The van der Waals surface area contributed by atoms with Gasteiger partial charge in [-0.05, 0) is 35.4 Å². The highest BCUT2D eigenvalue weighted by atomic mass is 35.5. The lowest BCUT2D eigenvalue weighted by atomic mass is 10.2. The van der Waals surface area contributed by atoms with Crippen LogP contribution in [0.15, 0.2) is 48.5 Å². The van der Waals surface area contributed by atoms with Crippen molar-refractivity contribution in [3.05, 3.63) is 69.7 Å². The fraction of sp³-hybridized carbons (Fsp3) is 0.211. The number of carbonyl (C=O) groups is 1. The van der Waals surface area contributed by atoms with Crippen molar-refractivity contribution in [1.82, 2.24) is 14.8 Å². The number of halogens is 2. The second-order valence-electron chi connectivity index (χ2n) is 5.96. The molecule has 0 aliphatic rings. The summed E-state index contributed by atoms with van der Waals surface area (Å²) in [5, 5.41) is 11.7. The summed E-state index contributed by atoms with van der Waals surface area (Å²) in [6.45, 7) is 0.799. The van der Waals surface area contributed by atoms with Crippen LogP contribution in [0.5, 0.6) is 0 Å². The maximum absolute atomic E-state index is 12.3. The van der Waals surface area contributed by atoms with Gasteiger partial charge in [0.25, 0.3) is 5.91 Å². The van der Waals surface area contributed by atoms with E-state index in [9.17, 15) is 4.79 Å². The Balaban J connectivity index is 1.74. The Morgan fingerprint density at radius 1 is 1.04 bits per heavy atom. The van der Waals surface area contributed by atoms with Crippen LogP contribution in [-0.4, -0.2) is 34.4 Å². The normalized spacial score (nSPS) is 10.7. The van der Waals surface area contributed by atoms with Crippen LogP contribution in [0, 0.1) is 0 Å². The number of aromatic nitrogens is 3. The van der Waals surface area contributed by atoms with Crippen LogP contribution in [0.3, 0.4) is 0 Å². The van der Waals surface area contributed by atoms with Crippen molar-refractivity contribution in [3.63, 3.8) is 0 Å². The fourth-order valence-electron chi connectivity index (χ4n) is 2.52. The van der Waals surface area contributed by atoms with Gasteiger partial charge in [0.2, 0.25) is 11.9 Å². The molecule has 3 rings (SSSR count). The molecule has 0 saturated heterocycles. The third-order valence-corrected chi connectivity index (χ3v) is 4.26. The smallest absolute Gasteiger partial charge is 0.276 e. The minimum Gasteiger partial charge on any atom is -0.375 e. The van der Waals surface area contributed by atoms with Gasteiger partial charge in [-0.3, -0.25) is 4.79 Å². The second kappa shape index (κ2) is 9.54. The molecule has 1 heterocycles. The number of rotatable bonds is 8. The third-order valence-electron chi connectivity index (χ3n) is 3.79. The van der Waals surface area contributed by atoms with Crippen molar-refractivity contribution >= 4 is 41.0 Å². The predicted octanol–water partition coefficient (Wildman–Crippen LogP) is 4.10. The van der Waals surface area contributed by atoms with E-state index in [4.69, 9.17) is 27.9 Å². The molecule has 0 bridgehead atoms. The molecule has 0 saturated carbocycles. The van der Waals surface area contributed by atoms with E-state index in [1.165, 1.54) is 11.8 Å². The minimum absolute atomic E-state index is 0.108. The minimum atomic E-state index is -0.334. The molecule has 9 heteroatoms. The van der Waals surface area contributed by atoms with Gasteiger partial charge in [0, 0.05) is 30.2 Å². The number of anilines is 2. The lowest BCUT2D eigenvalue weighted by molar-refractivity contribution is 0.0748. The molecule has 3 aromatic rings. The molecular weight excluding hydrogens is 401 g/mol. The maximum atomic E-state index is 12.3. The SMILES string of the molecule is COCC(=O)n1nc(NCc2cccc(Cl)c2)nc1NCc1cccc(Cl)c1. The number of nitrogens with zero attached hydrogens (tertiary/aromatic N) is 3. The predicted molar refractivity (Wildman–Crippen MR) is 110 cm³/mol. The maximum Gasteiger partial charge on any atom is 0.276 e. The third kappa shape index (κ3) is 5.45. The quantitative estimate of drug-likeness (QED) is 0.571. The number of carbonyl (C=O) groups excluding carboxylic acids is 1. The molecule has 0 aliphatic heterocycles. The highest BCUT2D eigenvalue weighted by Gasteiger charge is 2.16. The van der Waals surface area contributed by atoms with E-state index in [1.807, 2.05) is 36.4 Å². The van der Waals surface area contributed by atoms with Gasteiger partial charge in [0.15, 0.2) is 0 Å². The first-order valence-electron chi connectivity index (χ1n) is 8.51. The Labute approximate surface area is 172 Å². The van der Waals surface area contributed by atoms with Crippen molar-refractivity contribution in [2.45, 2.75) is 13.1 Å². The summed E-state index contributed by atoms with van der Waals surface area (Å²) < 4.78 is 6.11. The first-order valence-corrected chi connectivity index (χ1v) is 9.26. The van der Waals surface area contributed by atoms with E-state index in [-0.39, 0.29) is 12.5 Å². The average molecular weight is 420 g/mol. The summed E-state index contributed by atoms with van der Waals surface area (Å²) in [6.07, 6.45) is 0. The molecule has 7 nitrogen and oxygen atoms in total. The van der Waals surface area contributed by atoms with Gasteiger partial charge >= 0.3 is 0 Å². The largest absolute Gasteiger partial charge is 0.375 e. The summed E-state index contributed by atoms with van der Waals surface area (Å²) in [7, 11) is 1.45. The Kier molecular flexibility index (Phi) is 6.86. The molecule has 0 aliphatic carbocycles. The second-order valence-corrected chi connectivity index (χ2v) is 6.84. The van der Waals surface area contributed by atoms with Crippen LogP contribution in [0.1, 0.15) is 15.9 Å². The van der Waals surface area contributed by atoms with Crippen LogP contribution >= 0.6 is 23.2 Å². The molecule has 1 aromatic heterocycles. The van der Waals surface area contributed by atoms with Gasteiger partial charge in [-0.25, -0.2) is 0 Å². The van der Waals surface area contributed by atoms with Crippen molar-refractivity contribution in [2.75, 3.05) is 24.4 Å². The van der Waals surface area contributed by atoms with E-state index < -0.39 is 0 Å². The molecule has 2 N–H and O–H groups in total. The first-order chi connectivity index (χ1) is 13.5. The van der Waals surface area contributed by atoms with Crippen LogP contribution < -0.4 is 10.6 Å². The van der Waals surface area contributed by atoms with E-state index in [0.29, 0.717) is 35.0 Å². The lowest BCUT2D eigenvalue weighted by Crippen LogP contribution is -2.20.